The molecule has 0 amide bonds. The van der Waals surface area contributed by atoms with Crippen molar-refractivity contribution >= 4 is 22.5 Å². The lowest BCUT2D eigenvalue weighted by molar-refractivity contribution is -0.0912. The summed E-state index contributed by atoms with van der Waals surface area (Å²) in [5.74, 6) is 0.705. The van der Waals surface area contributed by atoms with Crippen LogP contribution in [0.5, 0.6) is 5.75 Å². The summed E-state index contributed by atoms with van der Waals surface area (Å²) in [6.45, 7) is 1.89. The first-order chi connectivity index (χ1) is 14.1. The van der Waals surface area contributed by atoms with Crippen LogP contribution in [-0.4, -0.2) is 39.0 Å². The Morgan fingerprint density at radius 1 is 1.00 bits per heavy atom. The molecule has 2 atom stereocenters. The highest BCUT2D eigenvalue weighted by Crippen LogP contribution is 2.34. The van der Waals surface area contributed by atoms with Gasteiger partial charge in [-0.2, -0.15) is 0 Å². The summed E-state index contributed by atoms with van der Waals surface area (Å²) in [5, 5.41) is 23.7. The minimum Gasteiger partial charge on any atom is -0.487 e. The van der Waals surface area contributed by atoms with Crippen molar-refractivity contribution in [2.45, 2.75) is 38.2 Å². The Labute approximate surface area is 176 Å². The first-order valence-electron chi connectivity index (χ1n) is 10.1. The summed E-state index contributed by atoms with van der Waals surface area (Å²) >= 11 is 5.96. The third-order valence-corrected chi connectivity index (χ3v) is 6.06. The summed E-state index contributed by atoms with van der Waals surface area (Å²) in [4.78, 5) is 1.97. The number of hydrogen-bond acceptors (Lipinski definition) is 4. The van der Waals surface area contributed by atoms with Gasteiger partial charge in [0.25, 0.3) is 0 Å². The smallest absolute Gasteiger partial charge is 0.137 e. The lowest BCUT2D eigenvalue weighted by atomic mass is 10.0. The molecule has 5 nitrogen and oxygen atoms in total. The summed E-state index contributed by atoms with van der Waals surface area (Å²) in [6, 6.07) is 15.2. The molecule has 1 fully saturated rings. The van der Waals surface area contributed by atoms with E-state index in [0.29, 0.717) is 10.8 Å². The normalized spacial score (nSPS) is 17.4. The van der Waals surface area contributed by atoms with Crippen molar-refractivity contribution < 1.29 is 14.9 Å². The molecule has 0 bridgehead atoms. The van der Waals surface area contributed by atoms with Crippen molar-refractivity contribution in [1.29, 1.82) is 0 Å². The van der Waals surface area contributed by atoms with Crippen molar-refractivity contribution in [2.24, 2.45) is 7.05 Å². The van der Waals surface area contributed by atoms with Crippen LogP contribution in [0.4, 0.5) is 0 Å². The molecule has 0 spiro atoms. The molecule has 0 radical (unpaired) electrons. The number of rotatable bonds is 6. The van der Waals surface area contributed by atoms with Crippen molar-refractivity contribution in [3.63, 3.8) is 0 Å². The van der Waals surface area contributed by atoms with E-state index in [0.717, 1.165) is 48.1 Å². The largest absolute Gasteiger partial charge is 0.487 e. The Morgan fingerprint density at radius 3 is 2.41 bits per heavy atom. The number of aromatic nitrogens is 1. The van der Waals surface area contributed by atoms with E-state index in [4.69, 9.17) is 16.3 Å². The number of aryl methyl sites for hydroxylation is 1. The van der Waals surface area contributed by atoms with Gasteiger partial charge in [-0.25, -0.2) is 0 Å². The maximum atomic E-state index is 11.2. The number of nitrogens with zero attached hydrogens (tertiary/aromatic N) is 2. The van der Waals surface area contributed by atoms with Crippen LogP contribution in [0.25, 0.3) is 10.9 Å². The minimum atomic E-state index is -1.01. The molecular weight excluding hydrogens is 388 g/mol. The summed E-state index contributed by atoms with van der Waals surface area (Å²) in [5.41, 5.74) is 2.59. The monoisotopic (exact) mass is 414 g/mol. The second-order valence-electron chi connectivity index (χ2n) is 7.63. The number of aliphatic hydroxyl groups excluding tert-OH is 2. The molecule has 3 aromatic rings. The zero-order valence-corrected chi connectivity index (χ0v) is 17.3. The standard InChI is InChI=1S/C23H27ClN2O3/c1-25-19-8-4-3-7-18(19)21(22(27)23(28)26-13-5-2-6-14-26)20(25)15-29-17-11-9-16(24)10-12-17/h3-4,7-12,22-23,27-28H,2,5-6,13-15H2,1H3. The van der Waals surface area contributed by atoms with Crippen molar-refractivity contribution in [2.75, 3.05) is 13.1 Å². The van der Waals surface area contributed by atoms with E-state index in [1.54, 1.807) is 12.1 Å². The second-order valence-corrected chi connectivity index (χ2v) is 8.07. The molecule has 29 heavy (non-hydrogen) atoms. The van der Waals surface area contributed by atoms with Crippen molar-refractivity contribution in [3.8, 4) is 5.75 Å². The lowest BCUT2D eigenvalue weighted by Crippen LogP contribution is -2.42. The number of para-hydroxylation sites is 1. The predicted molar refractivity (Wildman–Crippen MR) is 115 cm³/mol. The Bertz CT molecular complexity index is 964. The number of hydrogen-bond donors (Lipinski definition) is 2. The van der Waals surface area contributed by atoms with E-state index in [2.05, 4.69) is 0 Å². The minimum absolute atomic E-state index is 0.284. The van der Waals surface area contributed by atoms with Crippen LogP contribution in [0.3, 0.4) is 0 Å². The number of aliphatic hydroxyl groups is 2. The Morgan fingerprint density at radius 2 is 1.69 bits per heavy atom. The van der Waals surface area contributed by atoms with Gasteiger partial charge in [-0.15, -0.1) is 0 Å². The third-order valence-electron chi connectivity index (χ3n) is 5.80. The van der Waals surface area contributed by atoms with Crippen LogP contribution >= 0.6 is 11.6 Å². The van der Waals surface area contributed by atoms with Gasteiger partial charge in [0.15, 0.2) is 0 Å². The number of likely N-dealkylation sites (tertiary alicyclic amines) is 1. The molecule has 154 valence electrons. The number of halogens is 1. The Hall–Kier alpha value is -2.05. The SMILES string of the molecule is Cn1c(COc2ccc(Cl)cc2)c(C(O)C(O)N2CCCCC2)c2ccccc21. The average molecular weight is 415 g/mol. The van der Waals surface area contributed by atoms with Gasteiger partial charge in [0.1, 0.15) is 24.7 Å². The van der Waals surface area contributed by atoms with Gasteiger partial charge in [0.05, 0.1) is 5.69 Å². The van der Waals surface area contributed by atoms with Gasteiger partial charge in [0.2, 0.25) is 0 Å². The van der Waals surface area contributed by atoms with Gasteiger partial charge in [-0.05, 0) is 43.2 Å². The second kappa shape index (κ2) is 8.76. The zero-order valence-electron chi connectivity index (χ0n) is 16.6. The number of ether oxygens (including phenoxy) is 1. The van der Waals surface area contributed by atoms with E-state index in [9.17, 15) is 10.2 Å². The van der Waals surface area contributed by atoms with Gasteiger partial charge in [-0.1, -0.05) is 36.2 Å². The third kappa shape index (κ3) is 4.14. The maximum Gasteiger partial charge on any atom is 0.137 e. The summed E-state index contributed by atoms with van der Waals surface area (Å²) < 4.78 is 8.02. The van der Waals surface area contributed by atoms with Crippen molar-refractivity contribution in [3.05, 3.63) is 64.8 Å². The summed E-state index contributed by atoms with van der Waals surface area (Å²) in [7, 11) is 1.96. The molecule has 2 unspecified atom stereocenters. The number of fused-ring (bicyclic) bond motifs is 1. The molecular formula is C23H27ClN2O3. The van der Waals surface area contributed by atoms with Crippen molar-refractivity contribution in [1.82, 2.24) is 9.47 Å². The van der Waals surface area contributed by atoms with Gasteiger partial charge < -0.3 is 19.5 Å². The van der Waals surface area contributed by atoms with E-state index in [1.807, 2.05) is 52.9 Å². The molecule has 0 aliphatic carbocycles. The van der Waals surface area contributed by atoms with Gasteiger partial charge in [-0.3, -0.25) is 4.90 Å². The van der Waals surface area contributed by atoms with Crippen LogP contribution in [-0.2, 0) is 13.7 Å². The van der Waals surface area contributed by atoms with E-state index < -0.39 is 12.3 Å². The Kier molecular flexibility index (Phi) is 6.11. The topological polar surface area (TPSA) is 57.9 Å². The molecule has 6 heteroatoms. The summed E-state index contributed by atoms with van der Waals surface area (Å²) in [6.07, 6.45) is 1.32. The Balaban J connectivity index is 1.67. The quantitative estimate of drug-likeness (QED) is 0.633. The molecule has 1 aliphatic rings. The molecule has 1 aliphatic heterocycles. The van der Waals surface area contributed by atoms with Crippen LogP contribution in [0, 0.1) is 0 Å². The molecule has 2 N–H and O–H groups in total. The highest BCUT2D eigenvalue weighted by Gasteiger charge is 2.31. The first-order valence-corrected chi connectivity index (χ1v) is 10.5. The van der Waals surface area contributed by atoms with Crippen LogP contribution in [0.15, 0.2) is 48.5 Å². The molecule has 2 heterocycles. The van der Waals surface area contributed by atoms with Gasteiger partial charge in [0, 0.05) is 41.6 Å². The van der Waals surface area contributed by atoms with Crippen LogP contribution < -0.4 is 4.74 Å². The van der Waals surface area contributed by atoms with E-state index >= 15 is 0 Å². The molecule has 4 rings (SSSR count). The highest BCUT2D eigenvalue weighted by molar-refractivity contribution is 6.30. The average Bonchev–Trinajstić information content (AvgIpc) is 3.05. The van der Waals surface area contributed by atoms with E-state index in [1.165, 1.54) is 6.42 Å². The fourth-order valence-electron chi connectivity index (χ4n) is 4.19. The molecule has 1 saturated heterocycles. The number of piperidine rings is 1. The molecule has 1 aromatic heterocycles. The van der Waals surface area contributed by atoms with Crippen LogP contribution in [0.1, 0.15) is 36.6 Å². The fourth-order valence-corrected chi connectivity index (χ4v) is 4.32. The predicted octanol–water partition coefficient (Wildman–Crippen LogP) is 4.25. The van der Waals surface area contributed by atoms with E-state index in [-0.39, 0.29) is 6.61 Å². The maximum absolute atomic E-state index is 11.2. The molecule has 0 saturated carbocycles. The first kappa shape index (κ1) is 20.2. The molecule has 2 aromatic carbocycles. The van der Waals surface area contributed by atoms with Crippen LogP contribution in [0.2, 0.25) is 5.02 Å². The van der Waals surface area contributed by atoms with Gasteiger partial charge >= 0.3 is 0 Å². The highest BCUT2D eigenvalue weighted by atomic mass is 35.5. The number of benzene rings is 2. The lowest BCUT2D eigenvalue weighted by Gasteiger charge is -2.34. The fraction of sp³-hybridized carbons (Fsp3) is 0.391. The zero-order chi connectivity index (χ0) is 20.4.